The van der Waals surface area contributed by atoms with E-state index in [1.54, 1.807) is 19.1 Å². The van der Waals surface area contributed by atoms with Gasteiger partial charge in [-0.3, -0.25) is 9.59 Å². The maximum Gasteiger partial charge on any atom is 0.513 e. The minimum absolute atomic E-state index is 0.187. The van der Waals surface area contributed by atoms with E-state index in [2.05, 4.69) is 15.4 Å². The maximum absolute atomic E-state index is 12.1. The summed E-state index contributed by atoms with van der Waals surface area (Å²) in [5.74, 6) is 0.0521. The monoisotopic (exact) mass is 468 g/mol. The maximum atomic E-state index is 12.1. The van der Waals surface area contributed by atoms with Crippen LogP contribution >= 0.6 is 23.2 Å². The summed E-state index contributed by atoms with van der Waals surface area (Å²) < 4.78 is 14.9. The van der Waals surface area contributed by atoms with E-state index >= 15 is 0 Å². The highest BCUT2D eigenvalue weighted by molar-refractivity contribution is 6.35. The van der Waals surface area contributed by atoms with Crippen molar-refractivity contribution < 1.29 is 28.6 Å². The zero-order chi connectivity index (χ0) is 22.6. The van der Waals surface area contributed by atoms with E-state index in [4.69, 9.17) is 32.7 Å². The highest BCUT2D eigenvalue weighted by atomic mass is 35.5. The quantitative estimate of drug-likeness (QED) is 0.311. The van der Waals surface area contributed by atoms with Crippen LogP contribution in [-0.4, -0.2) is 44.3 Å². The first-order valence-electron chi connectivity index (χ1n) is 9.46. The van der Waals surface area contributed by atoms with Crippen LogP contribution < -0.4 is 20.1 Å². The first-order valence-corrected chi connectivity index (χ1v) is 10.2. The normalized spacial score (nSPS) is 10.2. The number of ether oxygens (including phenoxy) is 3. The molecule has 2 amide bonds. The van der Waals surface area contributed by atoms with E-state index in [1.165, 1.54) is 30.3 Å². The Hall–Kier alpha value is -2.97. The molecule has 0 heterocycles. The van der Waals surface area contributed by atoms with Gasteiger partial charge in [0.2, 0.25) is 0 Å². The van der Waals surface area contributed by atoms with E-state index in [0.717, 1.165) is 0 Å². The van der Waals surface area contributed by atoms with Crippen LogP contribution in [0.1, 0.15) is 23.7 Å². The van der Waals surface area contributed by atoms with Gasteiger partial charge in [0.25, 0.3) is 11.8 Å². The summed E-state index contributed by atoms with van der Waals surface area (Å²) in [6.45, 7) is 2.43. The number of hydrogen-bond acceptors (Lipinski definition) is 6. The van der Waals surface area contributed by atoms with Gasteiger partial charge in [-0.2, -0.15) is 0 Å². The van der Waals surface area contributed by atoms with Crippen molar-refractivity contribution in [3.05, 3.63) is 58.1 Å². The van der Waals surface area contributed by atoms with Gasteiger partial charge in [-0.05, 0) is 55.8 Å². The largest absolute Gasteiger partial charge is 0.513 e. The summed E-state index contributed by atoms with van der Waals surface area (Å²) in [5.41, 5.74) is 0.411. The second-order valence-electron chi connectivity index (χ2n) is 6.13. The average Bonchev–Trinajstić information content (AvgIpc) is 2.73. The molecule has 0 aliphatic carbocycles. The lowest BCUT2D eigenvalue weighted by molar-refractivity contribution is -0.123. The van der Waals surface area contributed by atoms with Crippen molar-refractivity contribution in [2.75, 3.05) is 26.3 Å². The molecule has 0 spiro atoms. The summed E-state index contributed by atoms with van der Waals surface area (Å²) in [6, 6.07) is 10.8. The lowest BCUT2D eigenvalue weighted by Crippen LogP contribution is -2.32. The molecule has 2 N–H and O–H groups in total. The minimum Gasteiger partial charge on any atom is -0.482 e. The van der Waals surface area contributed by atoms with Crippen molar-refractivity contribution in [1.82, 2.24) is 10.6 Å². The van der Waals surface area contributed by atoms with Crippen molar-refractivity contribution >= 4 is 41.2 Å². The van der Waals surface area contributed by atoms with Gasteiger partial charge in [-0.15, -0.1) is 0 Å². The Morgan fingerprint density at radius 3 is 2.35 bits per heavy atom. The lowest BCUT2D eigenvalue weighted by Gasteiger charge is -2.09. The average molecular weight is 469 g/mol. The molecule has 166 valence electrons. The molecular formula is C21H22Cl2N2O6. The van der Waals surface area contributed by atoms with Crippen LogP contribution in [0.3, 0.4) is 0 Å². The number of nitrogens with one attached hydrogen (secondary N) is 2. The van der Waals surface area contributed by atoms with Crippen molar-refractivity contribution in [1.29, 1.82) is 0 Å². The van der Waals surface area contributed by atoms with E-state index < -0.39 is 6.16 Å². The number of benzene rings is 2. The van der Waals surface area contributed by atoms with Gasteiger partial charge >= 0.3 is 6.16 Å². The predicted molar refractivity (Wildman–Crippen MR) is 116 cm³/mol. The zero-order valence-corrected chi connectivity index (χ0v) is 18.3. The van der Waals surface area contributed by atoms with Crippen molar-refractivity contribution in [2.45, 2.75) is 13.3 Å². The molecule has 0 saturated heterocycles. The molecule has 0 unspecified atom stereocenters. The third-order valence-corrected chi connectivity index (χ3v) is 4.32. The summed E-state index contributed by atoms with van der Waals surface area (Å²) in [4.78, 5) is 35.2. The first-order chi connectivity index (χ1) is 14.9. The third kappa shape index (κ3) is 8.74. The van der Waals surface area contributed by atoms with E-state index in [-0.39, 0.29) is 30.8 Å². The second-order valence-corrected chi connectivity index (χ2v) is 6.98. The van der Waals surface area contributed by atoms with Gasteiger partial charge < -0.3 is 24.8 Å². The van der Waals surface area contributed by atoms with E-state index in [9.17, 15) is 14.4 Å². The highest BCUT2D eigenvalue weighted by Crippen LogP contribution is 2.27. The third-order valence-electron chi connectivity index (χ3n) is 3.79. The summed E-state index contributed by atoms with van der Waals surface area (Å²) in [5, 5.41) is 6.23. The standard InChI is InChI=1S/C21H22Cl2N2O6/c1-2-29-21(28)31-16-7-4-14(5-8-16)20(27)25-11-3-10-24-19(26)13-30-18-9-6-15(22)12-17(18)23/h4-9,12H,2-3,10-11,13H2,1H3,(H,24,26)(H,25,27). The van der Waals surface area contributed by atoms with Gasteiger partial charge in [-0.25, -0.2) is 4.79 Å². The Labute approximate surface area is 189 Å². The van der Waals surface area contributed by atoms with Crippen molar-refractivity contribution in [2.24, 2.45) is 0 Å². The highest BCUT2D eigenvalue weighted by Gasteiger charge is 2.09. The minimum atomic E-state index is -0.802. The molecule has 0 saturated carbocycles. The van der Waals surface area contributed by atoms with E-state index in [0.29, 0.717) is 40.9 Å². The molecule has 0 aliphatic heterocycles. The van der Waals surface area contributed by atoms with Crippen LogP contribution in [-0.2, 0) is 9.53 Å². The zero-order valence-electron chi connectivity index (χ0n) is 16.8. The molecule has 2 rings (SSSR count). The topological polar surface area (TPSA) is 103 Å². The summed E-state index contributed by atoms with van der Waals surface area (Å²) in [7, 11) is 0. The molecule has 2 aromatic carbocycles. The fourth-order valence-corrected chi connectivity index (χ4v) is 2.79. The molecule has 0 bridgehead atoms. The van der Waals surface area contributed by atoms with Crippen LogP contribution in [0.4, 0.5) is 4.79 Å². The van der Waals surface area contributed by atoms with Crippen LogP contribution in [0.2, 0.25) is 10.0 Å². The molecule has 8 nitrogen and oxygen atoms in total. The van der Waals surface area contributed by atoms with Crippen LogP contribution in [0.15, 0.2) is 42.5 Å². The Balaban J connectivity index is 1.62. The number of rotatable bonds is 10. The Morgan fingerprint density at radius 1 is 0.968 bits per heavy atom. The van der Waals surface area contributed by atoms with Gasteiger partial charge in [0.15, 0.2) is 6.61 Å². The number of hydrogen-bond donors (Lipinski definition) is 2. The molecule has 31 heavy (non-hydrogen) atoms. The first kappa shape index (κ1) is 24.3. The lowest BCUT2D eigenvalue weighted by atomic mass is 10.2. The van der Waals surface area contributed by atoms with Gasteiger partial charge in [0, 0.05) is 23.7 Å². The van der Waals surface area contributed by atoms with Gasteiger partial charge in [-0.1, -0.05) is 23.2 Å². The van der Waals surface area contributed by atoms with Crippen LogP contribution in [0.25, 0.3) is 0 Å². The van der Waals surface area contributed by atoms with Crippen LogP contribution in [0, 0.1) is 0 Å². The molecule has 0 fully saturated rings. The Kier molecular flexibility index (Phi) is 9.93. The predicted octanol–water partition coefficient (Wildman–Crippen LogP) is 3.84. The van der Waals surface area contributed by atoms with Gasteiger partial charge in [0.05, 0.1) is 11.6 Å². The molecule has 10 heteroatoms. The fourth-order valence-electron chi connectivity index (χ4n) is 2.32. The van der Waals surface area contributed by atoms with Gasteiger partial charge in [0.1, 0.15) is 11.5 Å². The fraction of sp³-hybridized carbons (Fsp3) is 0.286. The van der Waals surface area contributed by atoms with Crippen LogP contribution in [0.5, 0.6) is 11.5 Å². The number of halogens is 2. The molecule has 0 radical (unpaired) electrons. The molecule has 0 atom stereocenters. The molecule has 0 aliphatic rings. The molecule has 0 aromatic heterocycles. The second kappa shape index (κ2) is 12.7. The smallest absolute Gasteiger partial charge is 0.482 e. The molecule has 2 aromatic rings. The number of carbonyl (C=O) groups is 3. The summed E-state index contributed by atoms with van der Waals surface area (Å²) >= 11 is 11.8. The Morgan fingerprint density at radius 2 is 1.68 bits per heavy atom. The number of amides is 2. The SMILES string of the molecule is CCOC(=O)Oc1ccc(C(=O)NCCCNC(=O)COc2ccc(Cl)cc2Cl)cc1. The van der Waals surface area contributed by atoms with E-state index in [1.807, 2.05) is 0 Å². The Bertz CT molecular complexity index is 905. The van der Waals surface area contributed by atoms with Crippen molar-refractivity contribution in [3.8, 4) is 11.5 Å². The number of carbonyl (C=O) groups excluding carboxylic acids is 3. The summed E-state index contributed by atoms with van der Waals surface area (Å²) in [6.07, 6.45) is -0.271. The molecular weight excluding hydrogens is 447 g/mol. The van der Waals surface area contributed by atoms with Crippen molar-refractivity contribution in [3.63, 3.8) is 0 Å².